The summed E-state index contributed by atoms with van der Waals surface area (Å²) in [6.45, 7) is 0. The number of hydrogen-bond acceptors (Lipinski definition) is 3. The Morgan fingerprint density at radius 1 is 0.697 bits per heavy atom. The SMILES string of the molecule is O=C(Nc1cccc(N2C(=O)c3ccccc3C2=O)c1)c1ccccc1Cc1ccccc1. The third kappa shape index (κ3) is 3.92. The summed E-state index contributed by atoms with van der Waals surface area (Å²) in [6, 6.07) is 31.0. The quantitative estimate of drug-likeness (QED) is 0.434. The second kappa shape index (κ2) is 8.55. The summed E-state index contributed by atoms with van der Waals surface area (Å²) < 4.78 is 0. The van der Waals surface area contributed by atoms with Gasteiger partial charge in [0.2, 0.25) is 0 Å². The monoisotopic (exact) mass is 432 g/mol. The van der Waals surface area contributed by atoms with Crippen LogP contribution in [0.15, 0.2) is 103 Å². The molecular formula is C28H20N2O3. The van der Waals surface area contributed by atoms with Gasteiger partial charge in [0.1, 0.15) is 0 Å². The molecule has 3 amide bonds. The topological polar surface area (TPSA) is 66.5 Å². The van der Waals surface area contributed by atoms with E-state index in [0.717, 1.165) is 16.0 Å². The molecule has 5 nitrogen and oxygen atoms in total. The van der Waals surface area contributed by atoms with Crippen molar-refractivity contribution in [1.82, 2.24) is 0 Å². The molecule has 0 saturated carbocycles. The van der Waals surface area contributed by atoms with Crippen molar-refractivity contribution in [3.8, 4) is 0 Å². The van der Waals surface area contributed by atoms with Crippen LogP contribution in [0.4, 0.5) is 11.4 Å². The van der Waals surface area contributed by atoms with Crippen LogP contribution in [0.5, 0.6) is 0 Å². The molecule has 33 heavy (non-hydrogen) atoms. The third-order valence-electron chi connectivity index (χ3n) is 5.66. The lowest BCUT2D eigenvalue weighted by Gasteiger charge is -2.16. The predicted molar refractivity (Wildman–Crippen MR) is 128 cm³/mol. The Labute approximate surface area is 191 Å². The Balaban J connectivity index is 1.39. The van der Waals surface area contributed by atoms with E-state index in [-0.39, 0.29) is 17.7 Å². The minimum atomic E-state index is -0.368. The number of amides is 3. The lowest BCUT2D eigenvalue weighted by Crippen LogP contribution is -2.29. The summed E-state index contributed by atoms with van der Waals surface area (Å²) in [6.07, 6.45) is 0.638. The van der Waals surface area contributed by atoms with E-state index in [2.05, 4.69) is 5.32 Å². The van der Waals surface area contributed by atoms with E-state index in [4.69, 9.17) is 0 Å². The van der Waals surface area contributed by atoms with Gasteiger partial charge in [0.25, 0.3) is 17.7 Å². The van der Waals surface area contributed by atoms with Gasteiger partial charge in [0.15, 0.2) is 0 Å². The summed E-state index contributed by atoms with van der Waals surface area (Å²) in [5.74, 6) is -0.986. The molecule has 0 radical (unpaired) electrons. The van der Waals surface area contributed by atoms with Crippen molar-refractivity contribution < 1.29 is 14.4 Å². The van der Waals surface area contributed by atoms with Crippen molar-refractivity contribution in [3.05, 3.63) is 131 Å². The number of rotatable bonds is 5. The van der Waals surface area contributed by atoms with E-state index in [1.165, 1.54) is 0 Å². The molecule has 0 spiro atoms. The normalized spacial score (nSPS) is 12.5. The molecular weight excluding hydrogens is 412 g/mol. The van der Waals surface area contributed by atoms with Crippen LogP contribution in [0.25, 0.3) is 0 Å². The summed E-state index contributed by atoms with van der Waals surface area (Å²) in [5, 5.41) is 2.91. The summed E-state index contributed by atoms with van der Waals surface area (Å²) in [5.41, 5.74) is 4.29. The van der Waals surface area contributed by atoms with Crippen molar-refractivity contribution in [2.45, 2.75) is 6.42 Å². The van der Waals surface area contributed by atoms with Gasteiger partial charge in [-0.3, -0.25) is 14.4 Å². The first-order valence-corrected chi connectivity index (χ1v) is 10.6. The highest BCUT2D eigenvalue weighted by Crippen LogP contribution is 2.30. The fraction of sp³-hybridized carbons (Fsp3) is 0.0357. The zero-order valence-electron chi connectivity index (χ0n) is 17.7. The van der Waals surface area contributed by atoms with Crippen LogP contribution in [-0.2, 0) is 6.42 Å². The molecule has 1 aliphatic rings. The summed E-state index contributed by atoms with van der Waals surface area (Å²) in [7, 11) is 0. The van der Waals surface area contributed by atoms with Crippen LogP contribution < -0.4 is 10.2 Å². The smallest absolute Gasteiger partial charge is 0.266 e. The molecule has 0 aromatic heterocycles. The highest BCUT2D eigenvalue weighted by Gasteiger charge is 2.36. The first kappa shape index (κ1) is 20.4. The van der Waals surface area contributed by atoms with Gasteiger partial charge in [-0.15, -0.1) is 0 Å². The fourth-order valence-corrected chi connectivity index (χ4v) is 4.06. The first-order chi connectivity index (χ1) is 16.1. The molecule has 4 aromatic rings. The van der Waals surface area contributed by atoms with Gasteiger partial charge in [-0.1, -0.05) is 66.7 Å². The predicted octanol–water partition coefficient (Wildman–Crippen LogP) is 5.33. The maximum atomic E-state index is 13.1. The van der Waals surface area contributed by atoms with Gasteiger partial charge in [-0.25, -0.2) is 4.90 Å². The number of fused-ring (bicyclic) bond motifs is 1. The second-order valence-electron chi connectivity index (χ2n) is 7.82. The maximum Gasteiger partial charge on any atom is 0.266 e. The Kier molecular flexibility index (Phi) is 5.29. The number of nitrogens with one attached hydrogen (secondary N) is 1. The number of benzene rings is 4. The molecule has 5 rings (SSSR count). The van der Waals surface area contributed by atoms with E-state index in [0.29, 0.717) is 34.5 Å². The van der Waals surface area contributed by atoms with Crippen LogP contribution >= 0.6 is 0 Å². The highest BCUT2D eigenvalue weighted by molar-refractivity contribution is 6.34. The lowest BCUT2D eigenvalue weighted by atomic mass is 9.99. The van der Waals surface area contributed by atoms with Crippen molar-refractivity contribution in [2.75, 3.05) is 10.2 Å². The minimum Gasteiger partial charge on any atom is -0.322 e. The van der Waals surface area contributed by atoms with E-state index in [1.54, 1.807) is 54.6 Å². The Morgan fingerprint density at radius 2 is 1.33 bits per heavy atom. The second-order valence-corrected chi connectivity index (χ2v) is 7.82. The first-order valence-electron chi connectivity index (χ1n) is 10.6. The van der Waals surface area contributed by atoms with Gasteiger partial charge < -0.3 is 5.32 Å². The van der Waals surface area contributed by atoms with Crippen molar-refractivity contribution >= 4 is 29.1 Å². The molecule has 0 fully saturated rings. The molecule has 0 unspecified atom stereocenters. The Hall–Kier alpha value is -4.51. The van der Waals surface area contributed by atoms with Crippen LogP contribution in [0, 0.1) is 0 Å². The number of carbonyl (C=O) groups is 3. The van der Waals surface area contributed by atoms with Gasteiger partial charge in [0, 0.05) is 11.3 Å². The standard InChI is InChI=1S/C28H20N2O3/c31-26(23-14-5-4-11-20(23)17-19-9-2-1-3-10-19)29-21-12-8-13-22(18-21)30-27(32)24-15-6-7-16-25(24)28(30)33/h1-16,18H,17H2,(H,29,31). The van der Waals surface area contributed by atoms with Gasteiger partial charge in [-0.05, 0) is 53.9 Å². The highest BCUT2D eigenvalue weighted by atomic mass is 16.2. The fourth-order valence-electron chi connectivity index (χ4n) is 4.06. The van der Waals surface area contributed by atoms with Crippen molar-refractivity contribution in [1.29, 1.82) is 0 Å². The molecule has 5 heteroatoms. The minimum absolute atomic E-state index is 0.249. The molecule has 1 N–H and O–H groups in total. The van der Waals surface area contributed by atoms with Crippen LogP contribution in [0.3, 0.4) is 0 Å². The van der Waals surface area contributed by atoms with Crippen molar-refractivity contribution in [2.24, 2.45) is 0 Å². The molecule has 0 saturated heterocycles. The van der Waals surface area contributed by atoms with Crippen LogP contribution in [0.1, 0.15) is 42.2 Å². The lowest BCUT2D eigenvalue weighted by molar-refractivity contribution is 0.0925. The number of imide groups is 1. The van der Waals surface area contributed by atoms with Gasteiger partial charge >= 0.3 is 0 Å². The third-order valence-corrected chi connectivity index (χ3v) is 5.66. The zero-order chi connectivity index (χ0) is 22.8. The number of carbonyl (C=O) groups excluding carboxylic acids is 3. The molecule has 1 aliphatic heterocycles. The average molecular weight is 432 g/mol. The van der Waals surface area contributed by atoms with E-state index in [1.807, 2.05) is 48.5 Å². The summed E-state index contributed by atoms with van der Waals surface area (Å²) in [4.78, 5) is 39.8. The summed E-state index contributed by atoms with van der Waals surface area (Å²) >= 11 is 0. The maximum absolute atomic E-state index is 13.1. The molecule has 0 bridgehead atoms. The molecule has 0 atom stereocenters. The van der Waals surface area contributed by atoms with Crippen LogP contribution in [-0.4, -0.2) is 17.7 Å². The van der Waals surface area contributed by atoms with E-state index < -0.39 is 0 Å². The van der Waals surface area contributed by atoms with Gasteiger partial charge in [0.05, 0.1) is 16.8 Å². The number of nitrogens with zero attached hydrogens (tertiary/aromatic N) is 1. The van der Waals surface area contributed by atoms with Crippen molar-refractivity contribution in [3.63, 3.8) is 0 Å². The molecule has 0 aliphatic carbocycles. The molecule has 160 valence electrons. The van der Waals surface area contributed by atoms with Crippen LogP contribution in [0.2, 0.25) is 0 Å². The Bertz CT molecular complexity index is 1340. The zero-order valence-corrected chi connectivity index (χ0v) is 17.7. The van der Waals surface area contributed by atoms with E-state index in [9.17, 15) is 14.4 Å². The Morgan fingerprint density at radius 3 is 2.06 bits per heavy atom. The van der Waals surface area contributed by atoms with Gasteiger partial charge in [-0.2, -0.15) is 0 Å². The largest absolute Gasteiger partial charge is 0.322 e. The number of hydrogen-bond donors (Lipinski definition) is 1. The van der Waals surface area contributed by atoms with E-state index >= 15 is 0 Å². The average Bonchev–Trinajstić information content (AvgIpc) is 3.10. The number of anilines is 2. The molecule has 1 heterocycles. The molecule has 4 aromatic carbocycles.